The van der Waals surface area contributed by atoms with Crippen molar-refractivity contribution in [2.24, 2.45) is 0 Å². The van der Waals surface area contributed by atoms with Crippen LogP contribution in [-0.4, -0.2) is 52.0 Å². The first kappa shape index (κ1) is 16.9. The smallest absolute Gasteiger partial charge is 0.257 e. The molecule has 1 aliphatic heterocycles. The predicted octanol–water partition coefficient (Wildman–Crippen LogP) is 2.83. The van der Waals surface area contributed by atoms with E-state index < -0.39 is 0 Å². The minimum Gasteiger partial charge on any atom is -0.340 e. The fourth-order valence-corrected chi connectivity index (χ4v) is 2.88. The second kappa shape index (κ2) is 7.77. The summed E-state index contributed by atoms with van der Waals surface area (Å²) >= 11 is 5.89. The molecule has 6 nitrogen and oxygen atoms in total. The summed E-state index contributed by atoms with van der Waals surface area (Å²) in [6.07, 6.45) is 1.53. The van der Waals surface area contributed by atoms with E-state index in [0.717, 1.165) is 38.2 Å². The largest absolute Gasteiger partial charge is 0.340 e. The molecule has 0 aliphatic carbocycles. The summed E-state index contributed by atoms with van der Waals surface area (Å²) in [5, 5.41) is 4.73. The zero-order chi connectivity index (χ0) is 16.9. The van der Waals surface area contributed by atoms with Gasteiger partial charge in [-0.25, -0.2) is 0 Å². The van der Waals surface area contributed by atoms with Crippen LogP contribution in [0.15, 0.2) is 28.8 Å². The van der Waals surface area contributed by atoms with Crippen molar-refractivity contribution in [2.45, 2.75) is 26.3 Å². The molecule has 2 heterocycles. The van der Waals surface area contributed by atoms with Crippen LogP contribution < -0.4 is 0 Å². The highest BCUT2D eigenvalue weighted by atomic mass is 35.5. The van der Waals surface area contributed by atoms with Crippen molar-refractivity contribution in [3.8, 4) is 11.5 Å². The van der Waals surface area contributed by atoms with Crippen LogP contribution in [0.2, 0.25) is 5.02 Å². The number of carbonyl (C=O) groups excluding carboxylic acids is 1. The predicted molar refractivity (Wildman–Crippen MR) is 91.5 cm³/mol. The number of piperazine rings is 1. The Morgan fingerprint density at radius 3 is 2.58 bits per heavy atom. The molecule has 0 radical (unpaired) electrons. The van der Waals surface area contributed by atoms with Crippen molar-refractivity contribution in [1.29, 1.82) is 0 Å². The number of aromatic nitrogens is 2. The number of hydrogen-bond donors (Lipinski definition) is 0. The Labute approximate surface area is 146 Å². The molecule has 3 rings (SSSR count). The molecule has 1 aromatic heterocycles. The minimum atomic E-state index is 0.252. The Bertz CT molecular complexity index is 678. The van der Waals surface area contributed by atoms with Gasteiger partial charge in [-0.15, -0.1) is 0 Å². The molecule has 1 fully saturated rings. The summed E-state index contributed by atoms with van der Waals surface area (Å²) in [5.41, 5.74) is 0.855. The number of benzene rings is 1. The molecule has 7 heteroatoms. The lowest BCUT2D eigenvalue weighted by Gasteiger charge is -2.34. The van der Waals surface area contributed by atoms with Gasteiger partial charge in [0.2, 0.25) is 5.91 Å². The SMILES string of the molecule is CCCC(=O)N1CCN(Cc2noc(-c3ccc(Cl)cc3)n2)CC1. The van der Waals surface area contributed by atoms with Crippen molar-refractivity contribution in [1.82, 2.24) is 19.9 Å². The molecular formula is C17H21ClN4O2. The topological polar surface area (TPSA) is 62.5 Å². The van der Waals surface area contributed by atoms with Crippen molar-refractivity contribution in [3.05, 3.63) is 35.1 Å². The Morgan fingerprint density at radius 2 is 1.92 bits per heavy atom. The third kappa shape index (κ3) is 4.13. The van der Waals surface area contributed by atoms with Gasteiger partial charge in [0.05, 0.1) is 6.54 Å². The first-order chi connectivity index (χ1) is 11.7. The molecule has 0 bridgehead atoms. The molecular weight excluding hydrogens is 328 g/mol. The second-order valence-corrected chi connectivity index (χ2v) is 6.37. The van der Waals surface area contributed by atoms with Crippen molar-refractivity contribution < 1.29 is 9.32 Å². The van der Waals surface area contributed by atoms with Crippen LogP contribution in [0.1, 0.15) is 25.6 Å². The zero-order valence-electron chi connectivity index (χ0n) is 13.7. The van der Waals surface area contributed by atoms with Crippen molar-refractivity contribution in [2.75, 3.05) is 26.2 Å². The van der Waals surface area contributed by atoms with Crippen LogP contribution in [0.25, 0.3) is 11.5 Å². The molecule has 2 aromatic rings. The number of nitrogens with zero attached hydrogens (tertiary/aromatic N) is 4. The van der Waals surface area contributed by atoms with Gasteiger partial charge in [-0.05, 0) is 30.7 Å². The fraction of sp³-hybridized carbons (Fsp3) is 0.471. The van der Waals surface area contributed by atoms with E-state index >= 15 is 0 Å². The molecule has 1 aliphatic rings. The van der Waals surface area contributed by atoms with Gasteiger partial charge in [0, 0.05) is 43.2 Å². The lowest BCUT2D eigenvalue weighted by atomic mass is 10.2. The van der Waals surface area contributed by atoms with Gasteiger partial charge in [-0.3, -0.25) is 9.69 Å². The molecule has 0 unspecified atom stereocenters. The normalized spacial score (nSPS) is 15.7. The lowest BCUT2D eigenvalue weighted by Crippen LogP contribution is -2.48. The van der Waals surface area contributed by atoms with Gasteiger partial charge in [0.1, 0.15) is 0 Å². The van der Waals surface area contributed by atoms with E-state index in [9.17, 15) is 4.79 Å². The van der Waals surface area contributed by atoms with Crippen molar-refractivity contribution >= 4 is 17.5 Å². The molecule has 128 valence electrons. The average molecular weight is 349 g/mol. The summed E-state index contributed by atoms with van der Waals surface area (Å²) in [6.45, 7) is 5.86. The van der Waals surface area contributed by atoms with Gasteiger partial charge < -0.3 is 9.42 Å². The Kier molecular flexibility index (Phi) is 5.48. The third-order valence-electron chi connectivity index (χ3n) is 4.11. The van der Waals surface area contributed by atoms with Gasteiger partial charge in [0.25, 0.3) is 5.89 Å². The molecule has 1 amide bonds. The molecule has 0 N–H and O–H groups in total. The third-order valence-corrected chi connectivity index (χ3v) is 4.37. The highest BCUT2D eigenvalue weighted by molar-refractivity contribution is 6.30. The van der Waals surface area contributed by atoms with E-state index in [4.69, 9.17) is 16.1 Å². The van der Waals surface area contributed by atoms with Crippen LogP contribution in [0, 0.1) is 0 Å². The van der Waals surface area contributed by atoms with Gasteiger partial charge >= 0.3 is 0 Å². The highest BCUT2D eigenvalue weighted by Gasteiger charge is 2.21. The monoisotopic (exact) mass is 348 g/mol. The van der Waals surface area contributed by atoms with E-state index in [1.807, 2.05) is 24.0 Å². The highest BCUT2D eigenvalue weighted by Crippen LogP contribution is 2.20. The Balaban J connectivity index is 1.54. The minimum absolute atomic E-state index is 0.252. The zero-order valence-corrected chi connectivity index (χ0v) is 14.5. The molecule has 1 aromatic carbocycles. The maximum atomic E-state index is 11.9. The quantitative estimate of drug-likeness (QED) is 0.831. The van der Waals surface area contributed by atoms with E-state index in [1.54, 1.807) is 12.1 Å². The number of carbonyl (C=O) groups is 1. The van der Waals surface area contributed by atoms with Gasteiger partial charge in [-0.1, -0.05) is 23.7 Å². The van der Waals surface area contributed by atoms with Crippen LogP contribution in [0.4, 0.5) is 0 Å². The fourth-order valence-electron chi connectivity index (χ4n) is 2.76. The summed E-state index contributed by atoms with van der Waals surface area (Å²) in [4.78, 5) is 20.5. The molecule has 0 atom stereocenters. The van der Waals surface area contributed by atoms with E-state index in [1.165, 1.54) is 0 Å². The Hall–Kier alpha value is -1.92. The molecule has 0 saturated carbocycles. The Morgan fingerprint density at radius 1 is 1.21 bits per heavy atom. The van der Waals surface area contributed by atoms with Gasteiger partial charge in [-0.2, -0.15) is 4.98 Å². The summed E-state index contributed by atoms with van der Waals surface area (Å²) in [5.74, 6) is 1.41. The lowest BCUT2D eigenvalue weighted by molar-refractivity contribution is -0.133. The van der Waals surface area contributed by atoms with Crippen LogP contribution >= 0.6 is 11.6 Å². The van der Waals surface area contributed by atoms with E-state index in [0.29, 0.717) is 29.7 Å². The number of hydrogen-bond acceptors (Lipinski definition) is 5. The average Bonchev–Trinajstić information content (AvgIpc) is 3.05. The van der Waals surface area contributed by atoms with Crippen molar-refractivity contribution in [3.63, 3.8) is 0 Å². The first-order valence-corrected chi connectivity index (χ1v) is 8.62. The molecule has 1 saturated heterocycles. The summed E-state index contributed by atoms with van der Waals surface area (Å²) < 4.78 is 5.33. The maximum Gasteiger partial charge on any atom is 0.257 e. The number of amides is 1. The number of rotatable bonds is 5. The standard InChI is InChI=1S/C17H21ClN4O2/c1-2-3-16(23)22-10-8-21(9-11-22)12-15-19-17(24-20-15)13-4-6-14(18)7-5-13/h4-7H,2-3,8-12H2,1H3. The van der Waals surface area contributed by atoms with Crippen LogP contribution in [-0.2, 0) is 11.3 Å². The van der Waals surface area contributed by atoms with E-state index in [-0.39, 0.29) is 5.91 Å². The maximum absolute atomic E-state index is 11.9. The van der Waals surface area contributed by atoms with E-state index in [2.05, 4.69) is 15.0 Å². The number of halogens is 1. The molecule has 0 spiro atoms. The first-order valence-electron chi connectivity index (χ1n) is 8.24. The second-order valence-electron chi connectivity index (χ2n) is 5.93. The summed E-state index contributed by atoms with van der Waals surface area (Å²) in [6, 6.07) is 7.32. The summed E-state index contributed by atoms with van der Waals surface area (Å²) in [7, 11) is 0. The molecule has 24 heavy (non-hydrogen) atoms. The van der Waals surface area contributed by atoms with Gasteiger partial charge in [0.15, 0.2) is 5.82 Å². The van der Waals surface area contributed by atoms with Crippen LogP contribution in [0.5, 0.6) is 0 Å². The van der Waals surface area contributed by atoms with Crippen LogP contribution in [0.3, 0.4) is 0 Å².